The number of nitrogens with zero attached hydrogens (tertiary/aromatic N) is 3. The van der Waals surface area contributed by atoms with Crippen molar-refractivity contribution < 1.29 is 23.1 Å². The zero-order chi connectivity index (χ0) is 18.7. The van der Waals surface area contributed by atoms with Gasteiger partial charge in [-0.2, -0.15) is 8.78 Å². The topological polar surface area (TPSA) is 76.0 Å². The van der Waals surface area contributed by atoms with Crippen LogP contribution in [-0.4, -0.2) is 32.7 Å². The summed E-state index contributed by atoms with van der Waals surface area (Å²) in [6.45, 7) is -1.78. The van der Waals surface area contributed by atoms with Gasteiger partial charge in [0.2, 0.25) is 0 Å². The van der Waals surface area contributed by atoms with Crippen molar-refractivity contribution in [3.8, 4) is 22.8 Å². The Morgan fingerprint density at radius 2 is 1.65 bits per heavy atom. The third-order valence-corrected chi connectivity index (χ3v) is 3.67. The largest absolute Gasteiger partial charge is 0.478 e. The van der Waals surface area contributed by atoms with E-state index in [9.17, 15) is 18.0 Å². The molecule has 0 unspecified atom stereocenters. The molecule has 0 bridgehead atoms. The summed E-state index contributed by atoms with van der Waals surface area (Å²) in [5, 5.41) is 9.06. The van der Waals surface area contributed by atoms with Crippen LogP contribution in [0.15, 0.2) is 54.9 Å². The lowest BCUT2D eigenvalue weighted by Gasteiger charge is -2.12. The van der Waals surface area contributed by atoms with Crippen molar-refractivity contribution in [3.05, 3.63) is 66.0 Å². The number of carboxylic acids is 1. The maximum absolute atomic E-state index is 13.3. The van der Waals surface area contributed by atoms with E-state index in [2.05, 4.69) is 15.0 Å². The molecular formula is C18H12F3N3O2. The summed E-state index contributed by atoms with van der Waals surface area (Å²) in [6, 6.07) is 11.0. The molecule has 0 aliphatic rings. The first-order chi connectivity index (χ1) is 12.4. The molecule has 132 valence electrons. The first kappa shape index (κ1) is 17.5. The number of carboxylic acid groups (broad SMARTS) is 1. The first-order valence-electron chi connectivity index (χ1n) is 7.48. The SMILES string of the molecule is O=C(O)c1cccc(-c2ncnc(-c3ccc(C(F)(F)CF)cc3)n2)c1. The van der Waals surface area contributed by atoms with Gasteiger partial charge in [-0.1, -0.05) is 36.4 Å². The van der Waals surface area contributed by atoms with E-state index in [1.165, 1.54) is 30.6 Å². The summed E-state index contributed by atoms with van der Waals surface area (Å²) >= 11 is 0. The lowest BCUT2D eigenvalue weighted by atomic mass is 10.1. The Kier molecular flexibility index (Phi) is 4.66. The zero-order valence-corrected chi connectivity index (χ0v) is 13.2. The van der Waals surface area contributed by atoms with Crippen molar-refractivity contribution in [1.29, 1.82) is 0 Å². The van der Waals surface area contributed by atoms with Gasteiger partial charge in [-0.3, -0.25) is 0 Å². The molecule has 8 heteroatoms. The highest BCUT2D eigenvalue weighted by atomic mass is 19.3. The van der Waals surface area contributed by atoms with Gasteiger partial charge in [0.1, 0.15) is 6.33 Å². The van der Waals surface area contributed by atoms with Crippen LogP contribution in [0.4, 0.5) is 13.2 Å². The van der Waals surface area contributed by atoms with Crippen molar-refractivity contribution in [2.45, 2.75) is 5.92 Å². The van der Waals surface area contributed by atoms with Gasteiger partial charge in [0.25, 0.3) is 0 Å². The summed E-state index contributed by atoms with van der Waals surface area (Å²) in [5.74, 6) is -4.15. The monoisotopic (exact) mass is 359 g/mol. The predicted molar refractivity (Wildman–Crippen MR) is 87.5 cm³/mol. The molecule has 1 N–H and O–H groups in total. The first-order valence-corrected chi connectivity index (χ1v) is 7.48. The van der Waals surface area contributed by atoms with Gasteiger partial charge in [0.15, 0.2) is 18.3 Å². The molecule has 0 saturated carbocycles. The zero-order valence-electron chi connectivity index (χ0n) is 13.2. The van der Waals surface area contributed by atoms with E-state index < -0.39 is 24.1 Å². The lowest BCUT2D eigenvalue weighted by Crippen LogP contribution is -2.15. The Bertz CT molecular complexity index is 946. The minimum atomic E-state index is -3.54. The molecule has 3 rings (SSSR count). The predicted octanol–water partition coefficient (Wildman–Crippen LogP) is 3.97. The second-order valence-electron chi connectivity index (χ2n) is 5.43. The summed E-state index contributed by atoms with van der Waals surface area (Å²) < 4.78 is 39.1. The smallest absolute Gasteiger partial charge is 0.335 e. The molecule has 1 heterocycles. The number of carbonyl (C=O) groups is 1. The minimum absolute atomic E-state index is 0.0854. The van der Waals surface area contributed by atoms with Gasteiger partial charge in [0.05, 0.1) is 5.56 Å². The van der Waals surface area contributed by atoms with Crippen molar-refractivity contribution in [2.24, 2.45) is 0 Å². The number of benzene rings is 2. The Morgan fingerprint density at radius 3 is 2.27 bits per heavy atom. The van der Waals surface area contributed by atoms with Crippen LogP contribution < -0.4 is 0 Å². The van der Waals surface area contributed by atoms with E-state index in [1.807, 2.05) is 0 Å². The van der Waals surface area contributed by atoms with Crippen LogP contribution >= 0.6 is 0 Å². The summed E-state index contributed by atoms with van der Waals surface area (Å²) in [4.78, 5) is 23.3. The molecule has 2 aromatic carbocycles. The highest BCUT2D eigenvalue weighted by Gasteiger charge is 2.31. The van der Waals surface area contributed by atoms with Crippen LogP contribution in [0.2, 0.25) is 0 Å². The summed E-state index contributed by atoms with van der Waals surface area (Å²) in [5.41, 5.74) is 0.574. The van der Waals surface area contributed by atoms with Crippen LogP contribution in [0.5, 0.6) is 0 Å². The summed E-state index contributed by atoms with van der Waals surface area (Å²) in [7, 11) is 0. The minimum Gasteiger partial charge on any atom is -0.478 e. The molecule has 0 atom stereocenters. The van der Waals surface area contributed by atoms with Crippen LogP contribution in [0.1, 0.15) is 15.9 Å². The molecule has 0 saturated heterocycles. The van der Waals surface area contributed by atoms with Crippen LogP contribution in [0, 0.1) is 0 Å². The van der Waals surface area contributed by atoms with Gasteiger partial charge in [0, 0.05) is 16.7 Å². The second-order valence-corrected chi connectivity index (χ2v) is 5.43. The van der Waals surface area contributed by atoms with E-state index in [1.54, 1.807) is 12.1 Å². The molecule has 0 fully saturated rings. The Hall–Kier alpha value is -3.29. The van der Waals surface area contributed by atoms with Gasteiger partial charge < -0.3 is 5.11 Å². The van der Waals surface area contributed by atoms with Crippen molar-refractivity contribution in [2.75, 3.05) is 6.67 Å². The standard InChI is InChI=1S/C18H12F3N3O2/c19-9-18(20,21)14-6-4-11(5-7-14)15-22-10-23-16(24-15)12-2-1-3-13(8-12)17(25)26/h1-8,10H,9H2,(H,25,26). The molecule has 3 aromatic rings. The maximum atomic E-state index is 13.3. The number of aromatic nitrogens is 3. The van der Waals surface area contributed by atoms with Gasteiger partial charge >= 0.3 is 11.9 Å². The fourth-order valence-corrected chi connectivity index (χ4v) is 2.31. The highest BCUT2D eigenvalue weighted by molar-refractivity contribution is 5.89. The fraction of sp³-hybridized carbons (Fsp3) is 0.111. The average Bonchev–Trinajstić information content (AvgIpc) is 2.68. The van der Waals surface area contributed by atoms with Gasteiger partial charge in [-0.05, 0) is 12.1 Å². The lowest BCUT2D eigenvalue weighted by molar-refractivity contribution is -0.0280. The summed E-state index contributed by atoms with van der Waals surface area (Å²) in [6.07, 6.45) is 1.25. The van der Waals surface area contributed by atoms with E-state index in [0.717, 1.165) is 12.1 Å². The quantitative estimate of drug-likeness (QED) is 0.746. The molecule has 1 aromatic heterocycles. The molecule has 0 aliphatic heterocycles. The third-order valence-electron chi connectivity index (χ3n) is 3.67. The molecule has 0 radical (unpaired) electrons. The molecule has 0 spiro atoms. The van der Waals surface area contributed by atoms with Crippen LogP contribution in [-0.2, 0) is 5.92 Å². The van der Waals surface area contributed by atoms with Crippen LogP contribution in [0.25, 0.3) is 22.8 Å². The molecule has 0 amide bonds. The molecule has 0 aliphatic carbocycles. The highest BCUT2D eigenvalue weighted by Crippen LogP contribution is 2.30. The Balaban J connectivity index is 1.95. The van der Waals surface area contributed by atoms with Crippen LogP contribution in [0.3, 0.4) is 0 Å². The van der Waals surface area contributed by atoms with E-state index >= 15 is 0 Å². The normalized spacial score (nSPS) is 11.3. The third kappa shape index (κ3) is 3.53. The number of aromatic carboxylic acids is 1. The van der Waals surface area contributed by atoms with E-state index in [-0.39, 0.29) is 17.2 Å². The van der Waals surface area contributed by atoms with Gasteiger partial charge in [-0.15, -0.1) is 0 Å². The molecule has 26 heavy (non-hydrogen) atoms. The van der Waals surface area contributed by atoms with Crippen molar-refractivity contribution in [1.82, 2.24) is 15.0 Å². The Labute approximate surface area is 146 Å². The fourth-order valence-electron chi connectivity index (χ4n) is 2.31. The number of hydrogen-bond donors (Lipinski definition) is 1. The number of alkyl halides is 3. The maximum Gasteiger partial charge on any atom is 0.335 e. The van der Waals surface area contributed by atoms with Crippen molar-refractivity contribution >= 4 is 5.97 Å². The van der Waals surface area contributed by atoms with E-state index in [0.29, 0.717) is 11.1 Å². The molecule has 5 nitrogen and oxygen atoms in total. The number of hydrogen-bond acceptors (Lipinski definition) is 4. The Morgan fingerprint density at radius 1 is 1.00 bits per heavy atom. The average molecular weight is 359 g/mol. The number of halogens is 3. The van der Waals surface area contributed by atoms with Crippen molar-refractivity contribution in [3.63, 3.8) is 0 Å². The second kappa shape index (κ2) is 6.91. The van der Waals surface area contributed by atoms with Gasteiger partial charge in [-0.25, -0.2) is 24.1 Å². The molecular weight excluding hydrogens is 347 g/mol. The number of rotatable bonds is 5. The van der Waals surface area contributed by atoms with E-state index in [4.69, 9.17) is 5.11 Å².